The fourth-order valence-corrected chi connectivity index (χ4v) is 5.18. The molecule has 8 nitrogen and oxygen atoms in total. The van der Waals surface area contributed by atoms with Crippen LogP contribution in [0.2, 0.25) is 0 Å². The number of primary amides is 1. The standard InChI is InChI=1S/C13H23NO.C10H15N3O3/c1-12(2,3)6-11(15)14-7-9-10(8-14)13(9,4)5;11-8(15)7(12-5-14)3-6-4-10(1-2-10)13-9(6)16/h9-10H,6-8H2,1-5H3;5-7H,1-4H2,(H2,11,15)(H,12,14)(H,13,16). The molecule has 0 aromatic heterocycles. The van der Waals surface area contributed by atoms with Crippen molar-refractivity contribution in [1.29, 1.82) is 0 Å². The Morgan fingerprint density at radius 1 is 1.26 bits per heavy atom. The monoisotopic (exact) mass is 434 g/mol. The highest BCUT2D eigenvalue weighted by molar-refractivity contribution is 5.86. The number of hydrogen-bond donors (Lipinski definition) is 3. The van der Waals surface area contributed by atoms with Crippen molar-refractivity contribution in [2.75, 3.05) is 13.1 Å². The van der Waals surface area contributed by atoms with Crippen molar-refractivity contribution < 1.29 is 19.2 Å². The first kappa shape index (κ1) is 23.5. The van der Waals surface area contributed by atoms with Gasteiger partial charge in [0.15, 0.2) is 0 Å². The SMILES string of the molecule is CC(C)(C)CC(=O)N1CC2C(C1)C2(C)C.NC(=O)C(CC1CC2(CC2)NC1=O)NC=O. The average Bonchev–Trinajstić information content (AvgIpc) is 3.32. The van der Waals surface area contributed by atoms with Gasteiger partial charge in [-0.15, -0.1) is 0 Å². The van der Waals surface area contributed by atoms with Gasteiger partial charge in [-0.3, -0.25) is 19.2 Å². The quantitative estimate of drug-likeness (QED) is 0.544. The summed E-state index contributed by atoms with van der Waals surface area (Å²) in [6.45, 7) is 13.1. The summed E-state index contributed by atoms with van der Waals surface area (Å²) >= 11 is 0. The predicted octanol–water partition coefficient (Wildman–Crippen LogP) is 1.18. The van der Waals surface area contributed by atoms with Crippen molar-refractivity contribution in [3.05, 3.63) is 0 Å². The van der Waals surface area contributed by atoms with Crippen LogP contribution in [-0.2, 0) is 19.2 Å². The molecule has 2 saturated carbocycles. The lowest BCUT2D eigenvalue weighted by Gasteiger charge is -2.26. The third-order valence-electron chi connectivity index (χ3n) is 7.54. The molecular formula is C23H38N4O4. The Balaban J connectivity index is 0.000000176. The highest BCUT2D eigenvalue weighted by atomic mass is 16.2. The molecule has 4 rings (SSSR count). The molecule has 4 aliphatic rings. The zero-order chi connectivity index (χ0) is 23.2. The topological polar surface area (TPSA) is 122 Å². The lowest BCUT2D eigenvalue weighted by molar-refractivity contribution is -0.133. The van der Waals surface area contributed by atoms with Crippen molar-refractivity contribution >= 4 is 24.1 Å². The second-order valence-corrected chi connectivity index (χ2v) is 11.7. The molecule has 174 valence electrons. The smallest absolute Gasteiger partial charge is 0.240 e. The van der Waals surface area contributed by atoms with Crippen LogP contribution in [-0.4, -0.2) is 53.7 Å². The van der Waals surface area contributed by atoms with Crippen molar-refractivity contribution in [2.24, 2.45) is 34.3 Å². The summed E-state index contributed by atoms with van der Waals surface area (Å²) in [5.74, 6) is 1.06. The molecule has 4 amide bonds. The van der Waals surface area contributed by atoms with Gasteiger partial charge in [0.05, 0.1) is 0 Å². The molecule has 0 aromatic rings. The van der Waals surface area contributed by atoms with Crippen LogP contribution in [0.15, 0.2) is 0 Å². The number of carbonyl (C=O) groups excluding carboxylic acids is 4. The summed E-state index contributed by atoms with van der Waals surface area (Å²) in [5, 5.41) is 5.28. The van der Waals surface area contributed by atoms with E-state index < -0.39 is 11.9 Å². The lowest BCUT2D eigenvalue weighted by Crippen LogP contribution is -2.42. The van der Waals surface area contributed by atoms with Crippen LogP contribution in [0.5, 0.6) is 0 Å². The van der Waals surface area contributed by atoms with E-state index in [4.69, 9.17) is 5.73 Å². The van der Waals surface area contributed by atoms with E-state index in [0.29, 0.717) is 30.6 Å². The normalized spacial score (nSPS) is 29.9. The Hall–Kier alpha value is -2.12. The van der Waals surface area contributed by atoms with Crippen LogP contribution >= 0.6 is 0 Å². The predicted molar refractivity (Wildman–Crippen MR) is 116 cm³/mol. The van der Waals surface area contributed by atoms with Crippen molar-refractivity contribution in [3.63, 3.8) is 0 Å². The first-order chi connectivity index (χ1) is 14.3. The minimum Gasteiger partial charge on any atom is -0.368 e. The molecule has 0 radical (unpaired) electrons. The molecule has 2 aliphatic heterocycles. The van der Waals surface area contributed by atoms with E-state index in [1.165, 1.54) is 0 Å². The minimum absolute atomic E-state index is 0.00880. The molecule has 0 aromatic carbocycles. The van der Waals surface area contributed by atoms with Gasteiger partial charge >= 0.3 is 0 Å². The molecule has 2 aliphatic carbocycles. The summed E-state index contributed by atoms with van der Waals surface area (Å²) in [7, 11) is 0. The summed E-state index contributed by atoms with van der Waals surface area (Å²) < 4.78 is 0. The van der Waals surface area contributed by atoms with Crippen LogP contribution in [0.1, 0.15) is 66.7 Å². The summed E-state index contributed by atoms with van der Waals surface area (Å²) in [5.41, 5.74) is 5.77. The molecule has 4 atom stereocenters. The third kappa shape index (κ3) is 5.39. The van der Waals surface area contributed by atoms with Gasteiger partial charge in [-0.1, -0.05) is 34.6 Å². The maximum atomic E-state index is 12.0. The van der Waals surface area contributed by atoms with E-state index in [1.54, 1.807) is 0 Å². The zero-order valence-corrected chi connectivity index (χ0v) is 19.5. The fourth-order valence-electron chi connectivity index (χ4n) is 5.18. The highest BCUT2D eigenvalue weighted by Crippen LogP contribution is 2.62. The molecule has 4 unspecified atom stereocenters. The second kappa shape index (κ2) is 8.10. The maximum Gasteiger partial charge on any atom is 0.240 e. The third-order valence-corrected chi connectivity index (χ3v) is 7.54. The van der Waals surface area contributed by atoms with Gasteiger partial charge in [0, 0.05) is 31.0 Å². The van der Waals surface area contributed by atoms with E-state index in [2.05, 4.69) is 50.2 Å². The summed E-state index contributed by atoms with van der Waals surface area (Å²) in [4.78, 5) is 47.0. The maximum absolute atomic E-state index is 12.0. The second-order valence-electron chi connectivity index (χ2n) is 11.7. The number of carbonyl (C=O) groups is 4. The van der Waals surface area contributed by atoms with E-state index in [1.807, 2.05) is 0 Å². The van der Waals surface area contributed by atoms with Crippen LogP contribution in [0.4, 0.5) is 0 Å². The lowest BCUT2D eigenvalue weighted by atomic mass is 9.91. The number of nitrogens with one attached hydrogen (secondary N) is 2. The summed E-state index contributed by atoms with van der Waals surface area (Å²) in [6, 6.07) is -0.748. The van der Waals surface area contributed by atoms with Crippen LogP contribution < -0.4 is 16.4 Å². The first-order valence-electron chi connectivity index (χ1n) is 11.4. The largest absolute Gasteiger partial charge is 0.368 e. The Labute approximate surface area is 185 Å². The van der Waals surface area contributed by atoms with Gasteiger partial charge in [-0.05, 0) is 48.3 Å². The van der Waals surface area contributed by atoms with Gasteiger partial charge in [0.2, 0.25) is 24.1 Å². The molecular weight excluding hydrogens is 396 g/mol. The molecule has 1 spiro atoms. The van der Waals surface area contributed by atoms with Gasteiger partial charge in [-0.25, -0.2) is 0 Å². The zero-order valence-electron chi connectivity index (χ0n) is 19.5. The van der Waals surface area contributed by atoms with Gasteiger partial charge < -0.3 is 21.3 Å². The number of fused-ring (bicyclic) bond motifs is 1. The van der Waals surface area contributed by atoms with Crippen molar-refractivity contribution in [3.8, 4) is 0 Å². The fraction of sp³-hybridized carbons (Fsp3) is 0.826. The number of likely N-dealkylation sites (tertiary alicyclic amines) is 1. The average molecular weight is 435 g/mol. The van der Waals surface area contributed by atoms with E-state index in [9.17, 15) is 19.2 Å². The molecule has 0 bridgehead atoms. The first-order valence-corrected chi connectivity index (χ1v) is 11.4. The molecule has 4 fully saturated rings. The highest BCUT2D eigenvalue weighted by Gasteiger charge is 2.62. The molecule has 8 heteroatoms. The van der Waals surface area contributed by atoms with E-state index >= 15 is 0 Å². The van der Waals surface area contributed by atoms with Crippen molar-refractivity contribution in [2.45, 2.75) is 78.3 Å². The molecule has 4 N–H and O–H groups in total. The minimum atomic E-state index is -0.748. The van der Waals surface area contributed by atoms with E-state index in [0.717, 1.165) is 44.2 Å². The molecule has 2 saturated heterocycles. The van der Waals surface area contributed by atoms with Crippen molar-refractivity contribution in [1.82, 2.24) is 15.5 Å². The Morgan fingerprint density at radius 2 is 1.84 bits per heavy atom. The number of amides is 4. The number of hydrogen-bond acceptors (Lipinski definition) is 4. The van der Waals surface area contributed by atoms with Crippen LogP contribution in [0.25, 0.3) is 0 Å². The van der Waals surface area contributed by atoms with Gasteiger partial charge in [0.1, 0.15) is 6.04 Å². The Bertz CT molecular complexity index is 739. The molecule has 31 heavy (non-hydrogen) atoms. The number of piperidine rings is 1. The number of nitrogens with two attached hydrogens (primary N) is 1. The molecule has 2 heterocycles. The van der Waals surface area contributed by atoms with E-state index in [-0.39, 0.29) is 22.8 Å². The van der Waals surface area contributed by atoms with Crippen LogP contribution in [0, 0.1) is 28.6 Å². The van der Waals surface area contributed by atoms with Gasteiger partial charge in [-0.2, -0.15) is 0 Å². The Morgan fingerprint density at radius 3 is 2.26 bits per heavy atom. The number of nitrogens with zero attached hydrogens (tertiary/aromatic N) is 1. The van der Waals surface area contributed by atoms with Crippen LogP contribution in [0.3, 0.4) is 0 Å². The Kier molecular flexibility index (Phi) is 6.15. The number of rotatable bonds is 6. The van der Waals surface area contributed by atoms with Gasteiger partial charge in [0.25, 0.3) is 0 Å². The summed E-state index contributed by atoms with van der Waals surface area (Å²) in [6.07, 6.45) is 4.19.